The molecule has 2 aromatic rings. The smallest absolute Gasteiger partial charge is 0.320 e. The van der Waals surface area contributed by atoms with Crippen molar-refractivity contribution in [2.45, 2.75) is 33.9 Å². The maximum Gasteiger partial charge on any atom is 0.320 e. The first-order chi connectivity index (χ1) is 11.0. The van der Waals surface area contributed by atoms with Gasteiger partial charge < -0.3 is 14.6 Å². The molecule has 0 saturated heterocycles. The van der Waals surface area contributed by atoms with Crippen molar-refractivity contribution in [3.05, 3.63) is 36.0 Å². The molecule has 0 radical (unpaired) electrons. The summed E-state index contributed by atoms with van der Waals surface area (Å²) in [6, 6.07) is 3.25. The molecule has 0 aliphatic carbocycles. The van der Waals surface area contributed by atoms with E-state index in [1.54, 1.807) is 12.3 Å². The molecule has 0 aliphatic rings. The van der Waals surface area contributed by atoms with Gasteiger partial charge in [-0.3, -0.25) is 5.32 Å². The van der Waals surface area contributed by atoms with E-state index in [4.69, 9.17) is 4.74 Å². The minimum absolute atomic E-state index is 0.347. The summed E-state index contributed by atoms with van der Waals surface area (Å²) in [6.07, 6.45) is 3.66. The third-order valence-electron chi connectivity index (χ3n) is 3.22. The first-order valence-corrected chi connectivity index (χ1v) is 7.56. The van der Waals surface area contributed by atoms with E-state index in [-0.39, 0.29) is 6.03 Å². The van der Waals surface area contributed by atoms with E-state index in [0.29, 0.717) is 24.0 Å². The van der Waals surface area contributed by atoms with Gasteiger partial charge in [-0.15, -0.1) is 0 Å². The summed E-state index contributed by atoms with van der Waals surface area (Å²) >= 11 is 0. The van der Waals surface area contributed by atoms with Gasteiger partial charge in [0.25, 0.3) is 0 Å². The Balaban J connectivity index is 1.96. The Labute approximate surface area is 136 Å². The van der Waals surface area contributed by atoms with Crippen molar-refractivity contribution >= 4 is 11.8 Å². The Bertz CT molecular complexity index is 666. The van der Waals surface area contributed by atoms with E-state index in [9.17, 15) is 4.79 Å². The van der Waals surface area contributed by atoms with Gasteiger partial charge in [0, 0.05) is 24.6 Å². The van der Waals surface area contributed by atoms with Crippen LogP contribution >= 0.6 is 0 Å². The van der Waals surface area contributed by atoms with E-state index in [1.165, 1.54) is 7.11 Å². The second kappa shape index (κ2) is 7.62. The fourth-order valence-corrected chi connectivity index (χ4v) is 2.18. The van der Waals surface area contributed by atoms with Crippen LogP contribution in [0, 0.1) is 12.8 Å². The summed E-state index contributed by atoms with van der Waals surface area (Å²) < 4.78 is 7.23. The number of imidazole rings is 1. The van der Waals surface area contributed by atoms with Crippen LogP contribution in [0.2, 0.25) is 0 Å². The summed E-state index contributed by atoms with van der Waals surface area (Å²) in [4.78, 5) is 20.6. The Kier molecular flexibility index (Phi) is 5.56. The lowest BCUT2D eigenvalue weighted by Crippen LogP contribution is -2.30. The molecule has 0 spiro atoms. The summed E-state index contributed by atoms with van der Waals surface area (Å²) in [7, 11) is 1.54. The maximum atomic E-state index is 12.1. The number of aryl methyl sites for hydroxylation is 1. The van der Waals surface area contributed by atoms with E-state index in [1.807, 2.05) is 23.8 Å². The summed E-state index contributed by atoms with van der Waals surface area (Å²) in [5.41, 5.74) is 0.800. The van der Waals surface area contributed by atoms with Gasteiger partial charge in [-0.1, -0.05) is 13.8 Å². The van der Waals surface area contributed by atoms with Crippen molar-refractivity contribution in [3.8, 4) is 5.75 Å². The standard InChI is InChI=1S/C16H23N5O2/c1-11(2)10-21-8-7-17-14(21)9-18-16(22)20-15-13(23-4)6-5-12(3)19-15/h5-8,11H,9-10H2,1-4H3,(H2,18,19,20,22). The van der Waals surface area contributed by atoms with Gasteiger partial charge >= 0.3 is 6.03 Å². The molecule has 0 saturated carbocycles. The van der Waals surface area contributed by atoms with Crippen molar-refractivity contribution in [1.29, 1.82) is 0 Å². The Morgan fingerprint density at radius 3 is 2.87 bits per heavy atom. The molecule has 0 aliphatic heterocycles. The number of anilines is 1. The zero-order valence-electron chi connectivity index (χ0n) is 14.0. The van der Waals surface area contributed by atoms with Crippen molar-refractivity contribution < 1.29 is 9.53 Å². The fourth-order valence-electron chi connectivity index (χ4n) is 2.18. The molecule has 2 N–H and O–H groups in total. The normalized spacial score (nSPS) is 10.7. The third-order valence-corrected chi connectivity index (χ3v) is 3.22. The third kappa shape index (κ3) is 4.70. The fraction of sp³-hybridized carbons (Fsp3) is 0.438. The minimum Gasteiger partial charge on any atom is -0.493 e. The van der Waals surface area contributed by atoms with Gasteiger partial charge in [0.05, 0.1) is 13.7 Å². The number of nitrogens with one attached hydrogen (secondary N) is 2. The molecule has 2 heterocycles. The van der Waals surface area contributed by atoms with Gasteiger partial charge in [0.15, 0.2) is 11.6 Å². The number of methoxy groups -OCH3 is 1. The molecular formula is C16H23N5O2. The number of hydrogen-bond acceptors (Lipinski definition) is 4. The van der Waals surface area contributed by atoms with Crippen LogP contribution in [0.3, 0.4) is 0 Å². The highest BCUT2D eigenvalue weighted by Gasteiger charge is 2.11. The van der Waals surface area contributed by atoms with E-state index in [2.05, 4.69) is 34.4 Å². The molecule has 0 aromatic carbocycles. The average Bonchev–Trinajstić information content (AvgIpc) is 2.92. The molecule has 7 nitrogen and oxygen atoms in total. The van der Waals surface area contributed by atoms with Crippen molar-refractivity contribution in [2.24, 2.45) is 5.92 Å². The molecule has 23 heavy (non-hydrogen) atoms. The monoisotopic (exact) mass is 317 g/mol. The Morgan fingerprint density at radius 1 is 1.39 bits per heavy atom. The van der Waals surface area contributed by atoms with Crippen molar-refractivity contribution in [1.82, 2.24) is 19.9 Å². The molecule has 2 aromatic heterocycles. The molecule has 2 amide bonds. The summed E-state index contributed by atoms with van der Waals surface area (Å²) in [5.74, 6) is 2.25. The van der Waals surface area contributed by atoms with Gasteiger partial charge in [0.1, 0.15) is 5.82 Å². The highest BCUT2D eigenvalue weighted by atomic mass is 16.5. The highest BCUT2D eigenvalue weighted by Crippen LogP contribution is 2.21. The lowest BCUT2D eigenvalue weighted by Gasteiger charge is -2.12. The zero-order valence-corrected chi connectivity index (χ0v) is 14.0. The van der Waals surface area contributed by atoms with Crippen LogP contribution in [0.5, 0.6) is 5.75 Å². The van der Waals surface area contributed by atoms with Crippen LogP contribution in [0.15, 0.2) is 24.5 Å². The summed E-state index contributed by atoms with van der Waals surface area (Å²) in [6.45, 7) is 7.34. The average molecular weight is 317 g/mol. The number of amides is 2. The number of ether oxygens (including phenoxy) is 1. The zero-order chi connectivity index (χ0) is 16.8. The molecule has 2 rings (SSSR count). The first-order valence-electron chi connectivity index (χ1n) is 7.56. The van der Waals surface area contributed by atoms with E-state index in [0.717, 1.165) is 18.1 Å². The van der Waals surface area contributed by atoms with Crippen LogP contribution in [0.4, 0.5) is 10.6 Å². The second-order valence-electron chi connectivity index (χ2n) is 5.70. The molecule has 124 valence electrons. The lowest BCUT2D eigenvalue weighted by atomic mass is 10.2. The van der Waals surface area contributed by atoms with Crippen LogP contribution in [-0.2, 0) is 13.1 Å². The second-order valence-corrected chi connectivity index (χ2v) is 5.70. The summed E-state index contributed by atoms with van der Waals surface area (Å²) in [5, 5.41) is 5.49. The molecule has 0 atom stereocenters. The highest BCUT2D eigenvalue weighted by molar-refractivity contribution is 5.89. The SMILES string of the molecule is COc1ccc(C)nc1NC(=O)NCc1nccn1CC(C)C. The topological polar surface area (TPSA) is 81.1 Å². The van der Waals surface area contributed by atoms with Crippen LogP contribution < -0.4 is 15.4 Å². The number of carbonyl (C=O) groups is 1. The number of urea groups is 1. The van der Waals surface area contributed by atoms with Crippen LogP contribution in [0.25, 0.3) is 0 Å². The minimum atomic E-state index is -0.347. The number of nitrogens with zero attached hydrogens (tertiary/aromatic N) is 3. The van der Waals surface area contributed by atoms with Crippen molar-refractivity contribution in [3.63, 3.8) is 0 Å². The predicted molar refractivity (Wildman–Crippen MR) is 88.4 cm³/mol. The lowest BCUT2D eigenvalue weighted by molar-refractivity contribution is 0.251. The van der Waals surface area contributed by atoms with Gasteiger partial charge in [-0.25, -0.2) is 14.8 Å². The number of carbonyl (C=O) groups excluding carboxylic acids is 1. The van der Waals surface area contributed by atoms with E-state index < -0.39 is 0 Å². The van der Waals surface area contributed by atoms with Gasteiger partial charge in [0.2, 0.25) is 0 Å². The Hall–Kier alpha value is -2.57. The largest absolute Gasteiger partial charge is 0.493 e. The van der Waals surface area contributed by atoms with E-state index >= 15 is 0 Å². The number of rotatable bonds is 6. The number of hydrogen-bond donors (Lipinski definition) is 2. The van der Waals surface area contributed by atoms with Crippen LogP contribution in [-0.4, -0.2) is 27.7 Å². The quantitative estimate of drug-likeness (QED) is 0.858. The molecule has 0 bridgehead atoms. The van der Waals surface area contributed by atoms with Gasteiger partial charge in [-0.05, 0) is 25.0 Å². The first kappa shape index (κ1) is 16.8. The van der Waals surface area contributed by atoms with Crippen LogP contribution in [0.1, 0.15) is 25.4 Å². The number of aromatic nitrogens is 3. The Morgan fingerprint density at radius 2 is 2.17 bits per heavy atom. The molecule has 7 heteroatoms. The number of pyridine rings is 1. The molecule has 0 fully saturated rings. The molecule has 0 unspecified atom stereocenters. The predicted octanol–water partition coefficient (Wildman–Crippen LogP) is 2.57. The van der Waals surface area contributed by atoms with Gasteiger partial charge in [-0.2, -0.15) is 0 Å². The maximum absolute atomic E-state index is 12.1. The molecular weight excluding hydrogens is 294 g/mol. The van der Waals surface area contributed by atoms with Crippen molar-refractivity contribution in [2.75, 3.05) is 12.4 Å².